The number of rotatable bonds is 22. The van der Waals surface area contributed by atoms with Crippen LogP contribution in [0.4, 0.5) is 34.1 Å². The minimum absolute atomic E-state index is 1.09. The molecule has 470 valence electrons. The van der Waals surface area contributed by atoms with E-state index in [1.807, 2.05) is 0 Å². The molecule has 0 aliphatic carbocycles. The average Bonchev–Trinajstić information content (AvgIpc) is 0.842. The van der Waals surface area contributed by atoms with Crippen molar-refractivity contribution in [3.63, 3.8) is 0 Å². The van der Waals surface area contributed by atoms with Crippen LogP contribution in [0.3, 0.4) is 0 Å². The number of hydrogen-bond acceptors (Lipinski definition) is 2. The molecule has 2 heteroatoms. The summed E-state index contributed by atoms with van der Waals surface area (Å²) in [5, 5.41) is 0. The molecule has 13 aromatic carbocycles. The van der Waals surface area contributed by atoms with Crippen LogP contribution in [0.25, 0.3) is 71.9 Å². The van der Waals surface area contributed by atoms with E-state index >= 15 is 0 Å². The van der Waals surface area contributed by atoms with Gasteiger partial charge in [0, 0.05) is 34.1 Å². The number of nitrogens with zero attached hydrogens (tertiary/aromatic N) is 2. The Bertz CT molecular complexity index is 4570. The van der Waals surface area contributed by atoms with Crippen molar-refractivity contribution in [1.29, 1.82) is 0 Å². The molecule has 0 fully saturated rings. The Kier molecular flexibility index (Phi) is 20.9. The third-order valence-corrected chi connectivity index (χ3v) is 17.2. The number of allylic oxidation sites excluding steroid dienone is 4. The van der Waals surface area contributed by atoms with Gasteiger partial charge in [0.15, 0.2) is 0 Å². The van der Waals surface area contributed by atoms with E-state index in [9.17, 15) is 0 Å². The molecule has 0 saturated carbocycles. The van der Waals surface area contributed by atoms with Crippen LogP contribution in [0, 0.1) is 13.8 Å². The number of hydrogen-bond donors (Lipinski definition) is 0. The van der Waals surface area contributed by atoms with Crippen LogP contribution in [0.1, 0.15) is 89.0 Å². The fraction of sp³-hybridized carbons (Fsp3) is 0.0208. The SMILES string of the molecule is Cc1cccc(N(c2ccc(/C=C/c3ccc(/C=C/C=C(c4ccccc4)c4ccccc4)cc3)cc2)c2ccc(/C=C/c3ccc(/C=C/c4ccc(N(c5ccc(/C=C/c6ccc(/C=C/C=C(c7ccccc7)c7ccccc7)cc6)cc5)c5cccc(C)c5)cc4)cc3)cc2)c1. The molecule has 2 nitrogen and oxygen atoms in total. The van der Waals surface area contributed by atoms with Gasteiger partial charge in [-0.25, -0.2) is 0 Å². The van der Waals surface area contributed by atoms with Gasteiger partial charge in [0.25, 0.3) is 0 Å². The maximum Gasteiger partial charge on any atom is 0.0464 e. The Morgan fingerprint density at radius 1 is 0.194 bits per heavy atom. The summed E-state index contributed by atoms with van der Waals surface area (Å²) in [7, 11) is 0. The predicted molar refractivity (Wildman–Crippen MR) is 425 cm³/mol. The van der Waals surface area contributed by atoms with Gasteiger partial charge in [0.05, 0.1) is 0 Å². The topological polar surface area (TPSA) is 6.48 Å². The van der Waals surface area contributed by atoms with E-state index in [0.29, 0.717) is 0 Å². The first-order chi connectivity index (χ1) is 48.3. The van der Waals surface area contributed by atoms with Crippen molar-refractivity contribution in [3.8, 4) is 0 Å². The van der Waals surface area contributed by atoms with Gasteiger partial charge in [-0.3, -0.25) is 0 Å². The molecule has 0 radical (unpaired) electrons. The molecule has 0 saturated heterocycles. The lowest BCUT2D eigenvalue weighted by Crippen LogP contribution is -2.10. The molecule has 0 atom stereocenters. The van der Waals surface area contributed by atoms with Crippen molar-refractivity contribution in [3.05, 3.63) is 453 Å². The Morgan fingerprint density at radius 2 is 0.398 bits per heavy atom. The lowest BCUT2D eigenvalue weighted by Gasteiger charge is -2.26. The highest BCUT2D eigenvalue weighted by Crippen LogP contribution is 2.38. The van der Waals surface area contributed by atoms with E-state index in [1.54, 1.807) is 0 Å². The van der Waals surface area contributed by atoms with E-state index < -0.39 is 0 Å². The van der Waals surface area contributed by atoms with Crippen LogP contribution in [-0.2, 0) is 0 Å². The molecule has 0 N–H and O–H groups in total. The third kappa shape index (κ3) is 17.2. The van der Waals surface area contributed by atoms with Gasteiger partial charge >= 0.3 is 0 Å². The molecule has 0 heterocycles. The fourth-order valence-corrected chi connectivity index (χ4v) is 12.0. The first-order valence-corrected chi connectivity index (χ1v) is 33.5. The van der Waals surface area contributed by atoms with Crippen LogP contribution in [-0.4, -0.2) is 0 Å². The number of benzene rings is 13. The van der Waals surface area contributed by atoms with Crippen LogP contribution >= 0.6 is 0 Å². The van der Waals surface area contributed by atoms with Crippen molar-refractivity contribution in [2.75, 3.05) is 9.80 Å². The Balaban J connectivity index is 0.620. The second kappa shape index (κ2) is 32.0. The molecule has 0 amide bonds. The monoisotopic (exact) mass is 1260 g/mol. The molecule has 0 aliphatic rings. The zero-order valence-electron chi connectivity index (χ0n) is 55.3. The van der Waals surface area contributed by atoms with E-state index in [1.165, 1.54) is 44.5 Å². The largest absolute Gasteiger partial charge is 0.310 e. The van der Waals surface area contributed by atoms with E-state index in [4.69, 9.17) is 0 Å². The van der Waals surface area contributed by atoms with E-state index in [-0.39, 0.29) is 0 Å². The Morgan fingerprint density at radius 3 is 0.612 bits per heavy atom. The molecule has 0 aromatic heterocycles. The molecule has 98 heavy (non-hydrogen) atoms. The van der Waals surface area contributed by atoms with Gasteiger partial charge in [0.1, 0.15) is 0 Å². The molecular formula is C96H76N2. The van der Waals surface area contributed by atoms with Crippen molar-refractivity contribution >= 4 is 106 Å². The van der Waals surface area contributed by atoms with Crippen LogP contribution in [0.5, 0.6) is 0 Å². The summed E-state index contributed by atoms with van der Waals surface area (Å²) in [5.41, 5.74) is 27.6. The third-order valence-electron chi connectivity index (χ3n) is 17.2. The normalized spacial score (nSPS) is 11.5. The molecule has 0 bridgehead atoms. The van der Waals surface area contributed by atoms with Gasteiger partial charge in [0.2, 0.25) is 0 Å². The summed E-state index contributed by atoms with van der Waals surface area (Å²) in [4.78, 5) is 4.65. The van der Waals surface area contributed by atoms with Crippen molar-refractivity contribution in [2.45, 2.75) is 13.8 Å². The first kappa shape index (κ1) is 64.1. The molecular weight excluding hydrogens is 1180 g/mol. The molecule has 0 spiro atoms. The van der Waals surface area contributed by atoms with Gasteiger partial charge in [-0.2, -0.15) is 0 Å². The zero-order chi connectivity index (χ0) is 66.5. The van der Waals surface area contributed by atoms with E-state index in [0.717, 1.165) is 89.8 Å². The minimum Gasteiger partial charge on any atom is -0.310 e. The van der Waals surface area contributed by atoms with Gasteiger partial charge in [-0.05, 0) is 187 Å². The van der Waals surface area contributed by atoms with Crippen molar-refractivity contribution < 1.29 is 0 Å². The summed E-state index contributed by atoms with van der Waals surface area (Å²) in [6.45, 7) is 4.29. The minimum atomic E-state index is 1.09. The quantitative estimate of drug-likeness (QED) is 0.0493. The first-order valence-electron chi connectivity index (χ1n) is 33.5. The smallest absolute Gasteiger partial charge is 0.0464 e. The van der Waals surface area contributed by atoms with Crippen LogP contribution < -0.4 is 9.80 Å². The summed E-state index contributed by atoms with van der Waals surface area (Å²) in [6.07, 6.45) is 30.5. The number of aryl methyl sites for hydroxylation is 2. The average molecular weight is 1260 g/mol. The molecule has 0 unspecified atom stereocenters. The van der Waals surface area contributed by atoms with Crippen molar-refractivity contribution in [1.82, 2.24) is 0 Å². The van der Waals surface area contributed by atoms with Gasteiger partial charge < -0.3 is 9.80 Å². The summed E-state index contributed by atoms with van der Waals surface area (Å²) < 4.78 is 0. The van der Waals surface area contributed by atoms with Crippen LogP contribution in [0.2, 0.25) is 0 Å². The van der Waals surface area contributed by atoms with Crippen molar-refractivity contribution in [2.24, 2.45) is 0 Å². The van der Waals surface area contributed by atoms with Crippen LogP contribution in [0.15, 0.2) is 364 Å². The summed E-state index contributed by atoms with van der Waals surface area (Å²) in [6, 6.07) is 121. The standard InChI is InChI=1S/C96H76N2/c1-73-19-15-31-93(71-73)97(89-63-55-81(56-64-89)51-47-77-39-35-75(36-40-77)21-17-33-95(85-23-7-3-8-24-85)86-25-9-4-10-26-86)91-67-59-83(60-68-91)53-49-79-43-45-80(46-44-79)50-54-84-61-69-92(70-62-84)98(94-32-16-20-74(2)72-94)90-65-57-82(58-66-90)52-48-78-41-37-76(38-42-78)22-18-34-96(87-27-11-5-12-28-87)88-29-13-6-14-30-88/h3-72H,1-2H3/b21-17+,22-18+,51-47+,52-48+,53-49+,54-50+. The predicted octanol–water partition coefficient (Wildman–Crippen LogP) is 26.2. The lowest BCUT2D eigenvalue weighted by molar-refractivity contribution is 1.27. The Labute approximate surface area is 579 Å². The highest BCUT2D eigenvalue weighted by Gasteiger charge is 2.15. The summed E-state index contributed by atoms with van der Waals surface area (Å²) >= 11 is 0. The molecule has 0 aliphatic heterocycles. The second-order valence-corrected chi connectivity index (χ2v) is 24.4. The zero-order valence-corrected chi connectivity index (χ0v) is 55.3. The second-order valence-electron chi connectivity index (χ2n) is 24.4. The maximum atomic E-state index is 2.33. The number of anilines is 6. The Hall–Kier alpha value is -12.6. The lowest BCUT2D eigenvalue weighted by atomic mass is 9.97. The molecule has 13 aromatic rings. The van der Waals surface area contributed by atoms with E-state index in [2.05, 4.69) is 448 Å². The fourth-order valence-electron chi connectivity index (χ4n) is 12.0. The maximum absolute atomic E-state index is 2.33. The van der Waals surface area contributed by atoms with Gasteiger partial charge in [-0.1, -0.05) is 352 Å². The van der Waals surface area contributed by atoms with Gasteiger partial charge in [-0.15, -0.1) is 0 Å². The molecule has 13 rings (SSSR count). The summed E-state index contributed by atoms with van der Waals surface area (Å²) in [5.74, 6) is 0. The highest BCUT2D eigenvalue weighted by molar-refractivity contribution is 5.85. The highest BCUT2D eigenvalue weighted by atomic mass is 15.1.